The van der Waals surface area contributed by atoms with Gasteiger partial charge in [-0.15, -0.1) is 0 Å². The van der Waals surface area contributed by atoms with Gasteiger partial charge in [0.1, 0.15) is 0 Å². The van der Waals surface area contributed by atoms with E-state index in [4.69, 9.17) is 0 Å². The van der Waals surface area contributed by atoms with Crippen molar-refractivity contribution in [2.75, 3.05) is 10.6 Å². The third-order valence-corrected chi connectivity index (χ3v) is 6.17. The lowest BCUT2D eigenvalue weighted by molar-refractivity contribution is -0.449. The van der Waals surface area contributed by atoms with Gasteiger partial charge >= 0.3 is 47.6 Å². The predicted molar refractivity (Wildman–Crippen MR) is 128 cm³/mol. The van der Waals surface area contributed by atoms with Gasteiger partial charge in [0.05, 0.1) is 0 Å². The molecule has 0 fully saturated rings. The first-order chi connectivity index (χ1) is 20.0. The van der Waals surface area contributed by atoms with Gasteiger partial charge in [0.15, 0.2) is 0 Å². The van der Waals surface area contributed by atoms with Crippen molar-refractivity contribution in [3.63, 3.8) is 0 Å². The van der Waals surface area contributed by atoms with Crippen LogP contribution in [0.1, 0.15) is 31.9 Å². The van der Waals surface area contributed by atoms with Crippen molar-refractivity contribution in [3.05, 3.63) is 59.7 Å². The van der Waals surface area contributed by atoms with Crippen molar-refractivity contribution >= 4 is 23.2 Å². The van der Waals surface area contributed by atoms with E-state index in [0.29, 0.717) is 16.8 Å². The number of para-hydroxylation sites is 1. The zero-order valence-corrected chi connectivity index (χ0v) is 22.8. The first kappa shape index (κ1) is 37.5. The quantitative estimate of drug-likeness (QED) is 0.248. The van der Waals surface area contributed by atoms with Crippen LogP contribution in [0.2, 0.25) is 0 Å². The maximum absolute atomic E-state index is 14.2. The lowest BCUT2D eigenvalue weighted by Gasteiger charge is -2.41. The SMILES string of the molecule is CC(C)(C)C(=O)Nc1ccccc1Cc1ccc(NC(=O)C(F)(F)C(F)(F)C(F)(F)C(F)(F)C(F)(F)C(F)(F)C(F)(F)F)cc1. The van der Waals surface area contributed by atoms with Crippen LogP contribution in [-0.4, -0.2) is 53.5 Å². The van der Waals surface area contributed by atoms with Crippen molar-refractivity contribution in [3.8, 4) is 0 Å². The van der Waals surface area contributed by atoms with E-state index in [1.807, 2.05) is 0 Å². The molecule has 0 aliphatic rings. The summed E-state index contributed by atoms with van der Waals surface area (Å²) in [5, 5.41) is 3.61. The van der Waals surface area contributed by atoms with Crippen LogP contribution < -0.4 is 10.6 Å². The van der Waals surface area contributed by atoms with E-state index >= 15 is 0 Å². The molecular formula is C26H21F15N2O2. The summed E-state index contributed by atoms with van der Waals surface area (Å²) >= 11 is 0. The molecule has 0 spiro atoms. The van der Waals surface area contributed by atoms with Crippen LogP contribution in [0.4, 0.5) is 77.2 Å². The summed E-state index contributed by atoms with van der Waals surface area (Å²) in [6.07, 6.45) is -7.71. The third kappa shape index (κ3) is 6.52. The Morgan fingerprint density at radius 1 is 0.556 bits per heavy atom. The van der Waals surface area contributed by atoms with Gasteiger partial charge in [0.2, 0.25) is 5.91 Å². The van der Waals surface area contributed by atoms with Gasteiger partial charge in [-0.2, -0.15) is 65.9 Å². The molecule has 2 aromatic carbocycles. The van der Waals surface area contributed by atoms with E-state index in [1.165, 1.54) is 6.07 Å². The van der Waals surface area contributed by atoms with Crippen molar-refractivity contribution < 1.29 is 75.4 Å². The Kier molecular flexibility index (Phi) is 9.67. The predicted octanol–water partition coefficient (Wildman–Crippen LogP) is 8.57. The Balaban J connectivity index is 2.32. The highest BCUT2D eigenvalue weighted by molar-refractivity contribution is 5.97. The minimum absolute atomic E-state index is 0.0150. The number of carbonyl (C=O) groups excluding carboxylic acids is 2. The molecule has 0 saturated heterocycles. The zero-order chi connectivity index (χ0) is 35.2. The van der Waals surface area contributed by atoms with Crippen LogP contribution in [0.5, 0.6) is 0 Å². The Morgan fingerprint density at radius 2 is 1.00 bits per heavy atom. The largest absolute Gasteiger partial charge is 0.460 e. The lowest BCUT2D eigenvalue weighted by Crippen LogP contribution is -2.73. The maximum Gasteiger partial charge on any atom is 0.460 e. The molecule has 0 unspecified atom stereocenters. The number of benzene rings is 2. The molecule has 0 aliphatic heterocycles. The van der Waals surface area contributed by atoms with E-state index in [0.717, 1.165) is 29.6 Å². The molecule has 0 aromatic heterocycles. The van der Waals surface area contributed by atoms with E-state index in [-0.39, 0.29) is 12.3 Å². The summed E-state index contributed by atoms with van der Waals surface area (Å²) in [7, 11) is 0. The van der Waals surface area contributed by atoms with Crippen molar-refractivity contribution in [1.82, 2.24) is 0 Å². The van der Waals surface area contributed by atoms with Crippen molar-refractivity contribution in [2.45, 2.75) is 68.9 Å². The van der Waals surface area contributed by atoms with E-state index in [2.05, 4.69) is 5.32 Å². The van der Waals surface area contributed by atoms with Crippen LogP contribution in [0, 0.1) is 5.41 Å². The summed E-state index contributed by atoms with van der Waals surface area (Å²) in [4.78, 5) is 24.1. The topological polar surface area (TPSA) is 58.2 Å². The van der Waals surface area contributed by atoms with Gasteiger partial charge in [-0.05, 0) is 35.7 Å². The van der Waals surface area contributed by atoms with Gasteiger partial charge in [0, 0.05) is 16.8 Å². The van der Waals surface area contributed by atoms with E-state index in [9.17, 15) is 75.4 Å². The number of alkyl halides is 15. The molecule has 0 aliphatic carbocycles. The summed E-state index contributed by atoms with van der Waals surface area (Å²) in [6.45, 7) is 4.89. The molecule has 2 N–H and O–H groups in total. The number of anilines is 2. The standard InChI is InChI=1S/C26H21F15N2O2/c1-19(2,3)17(44)43-16-7-5-4-6-14(16)12-13-8-10-15(11-9-13)42-18(45)20(27,28)21(29,30)22(31,32)23(33,34)24(35,36)25(37,38)26(39,40)41/h4-11H,12H2,1-3H3,(H,42,45)(H,43,44). The molecule has 252 valence electrons. The van der Waals surface area contributed by atoms with Crippen LogP contribution in [0.25, 0.3) is 0 Å². The third-order valence-electron chi connectivity index (χ3n) is 6.17. The Bertz CT molecular complexity index is 1400. The second kappa shape index (κ2) is 11.6. The summed E-state index contributed by atoms with van der Waals surface area (Å²) in [5.41, 5.74) is -0.512. The minimum Gasteiger partial charge on any atom is -0.325 e. The van der Waals surface area contributed by atoms with Gasteiger partial charge in [-0.3, -0.25) is 9.59 Å². The van der Waals surface area contributed by atoms with Gasteiger partial charge < -0.3 is 10.6 Å². The molecule has 19 heteroatoms. The van der Waals surface area contributed by atoms with Gasteiger partial charge in [0.25, 0.3) is 0 Å². The summed E-state index contributed by atoms with van der Waals surface area (Å²) in [6, 6.07) is 9.85. The average Bonchev–Trinajstić information content (AvgIpc) is 2.89. The first-order valence-electron chi connectivity index (χ1n) is 12.1. The number of carbonyl (C=O) groups is 2. The monoisotopic (exact) mass is 678 g/mol. The van der Waals surface area contributed by atoms with Crippen molar-refractivity contribution in [2.24, 2.45) is 5.41 Å². The molecule has 2 rings (SSSR count). The number of hydrogen-bond acceptors (Lipinski definition) is 2. The molecule has 4 nitrogen and oxygen atoms in total. The molecule has 0 heterocycles. The molecule has 45 heavy (non-hydrogen) atoms. The lowest BCUT2D eigenvalue weighted by atomic mass is 9.91. The molecular weight excluding hydrogens is 657 g/mol. The Hall–Kier alpha value is -3.67. The van der Waals surface area contributed by atoms with Gasteiger partial charge in [-0.1, -0.05) is 51.1 Å². The van der Waals surface area contributed by atoms with Gasteiger partial charge in [-0.25, -0.2) is 0 Å². The summed E-state index contributed by atoms with van der Waals surface area (Å²) in [5.74, 6) is -52.3. The summed E-state index contributed by atoms with van der Waals surface area (Å²) < 4.78 is 201. The fourth-order valence-electron chi connectivity index (χ4n) is 3.35. The molecule has 0 radical (unpaired) electrons. The van der Waals surface area contributed by atoms with Crippen LogP contribution in [0.15, 0.2) is 48.5 Å². The van der Waals surface area contributed by atoms with Crippen LogP contribution >= 0.6 is 0 Å². The first-order valence-corrected chi connectivity index (χ1v) is 12.1. The minimum atomic E-state index is -8.49. The molecule has 0 bridgehead atoms. The molecule has 0 saturated carbocycles. The Morgan fingerprint density at radius 3 is 1.47 bits per heavy atom. The second-order valence-corrected chi connectivity index (χ2v) is 10.6. The van der Waals surface area contributed by atoms with E-state index < -0.39 is 58.7 Å². The smallest absolute Gasteiger partial charge is 0.325 e. The number of halogens is 15. The molecule has 2 amide bonds. The number of rotatable bonds is 10. The highest BCUT2D eigenvalue weighted by Crippen LogP contribution is 2.62. The fourth-order valence-corrected chi connectivity index (χ4v) is 3.35. The average molecular weight is 678 g/mol. The fraction of sp³-hybridized carbons (Fsp3) is 0.462. The molecule has 0 atom stereocenters. The van der Waals surface area contributed by atoms with E-state index in [1.54, 1.807) is 39.0 Å². The highest BCUT2D eigenvalue weighted by Gasteiger charge is 2.94. The zero-order valence-electron chi connectivity index (χ0n) is 22.8. The number of nitrogens with one attached hydrogen (secondary N) is 2. The Labute approximate surface area is 244 Å². The van der Waals surface area contributed by atoms with Crippen LogP contribution in [0.3, 0.4) is 0 Å². The van der Waals surface area contributed by atoms with Crippen LogP contribution in [-0.2, 0) is 16.0 Å². The molecule has 2 aromatic rings. The normalized spacial score (nSPS) is 14.3. The van der Waals surface area contributed by atoms with Crippen molar-refractivity contribution in [1.29, 1.82) is 0 Å². The number of hydrogen-bond donors (Lipinski definition) is 2. The number of amides is 2. The second-order valence-electron chi connectivity index (χ2n) is 10.6. The highest BCUT2D eigenvalue weighted by atomic mass is 19.4. The maximum atomic E-state index is 14.2.